The zero-order valence-electron chi connectivity index (χ0n) is 11.6. The normalized spacial score (nSPS) is 15.3. The molecule has 1 aliphatic heterocycles. The second kappa shape index (κ2) is 6.96. The fourth-order valence-corrected chi connectivity index (χ4v) is 3.17. The quantitative estimate of drug-likeness (QED) is 0.867. The van der Waals surface area contributed by atoms with E-state index in [0.717, 1.165) is 30.4 Å². The van der Waals surface area contributed by atoms with Crippen molar-refractivity contribution in [2.45, 2.75) is 19.9 Å². The van der Waals surface area contributed by atoms with E-state index in [1.165, 1.54) is 0 Å². The van der Waals surface area contributed by atoms with Gasteiger partial charge in [0.05, 0.1) is 5.75 Å². The summed E-state index contributed by atoms with van der Waals surface area (Å²) in [6, 6.07) is 10.1. The number of benzene rings is 1. The van der Waals surface area contributed by atoms with Gasteiger partial charge in [-0.25, -0.2) is 0 Å². The number of anilines is 1. The Labute approximate surface area is 119 Å². The van der Waals surface area contributed by atoms with Gasteiger partial charge in [0.2, 0.25) is 5.91 Å². The average molecular weight is 278 g/mol. The second-order valence-corrected chi connectivity index (χ2v) is 6.26. The summed E-state index contributed by atoms with van der Waals surface area (Å²) in [6.45, 7) is 6.33. The molecule has 104 valence electrons. The Hall–Kier alpha value is -1.00. The third-order valence-corrected chi connectivity index (χ3v) is 4.42. The van der Waals surface area contributed by atoms with Crippen molar-refractivity contribution in [2.24, 2.45) is 5.92 Å². The molecule has 1 aliphatic rings. The SMILES string of the molecule is CC(C)N(C(=O)CSCC1CNC1)c1ccccc1. The highest BCUT2D eigenvalue weighted by Gasteiger charge is 2.21. The Bertz CT molecular complexity index is 404. The summed E-state index contributed by atoms with van der Waals surface area (Å²) >= 11 is 1.75. The van der Waals surface area contributed by atoms with Crippen LogP contribution >= 0.6 is 11.8 Å². The molecular formula is C15H22N2OS. The molecule has 0 bridgehead atoms. The molecule has 0 aromatic heterocycles. The van der Waals surface area contributed by atoms with E-state index in [9.17, 15) is 4.79 Å². The lowest BCUT2D eigenvalue weighted by Gasteiger charge is -2.29. The first-order chi connectivity index (χ1) is 9.18. The lowest BCUT2D eigenvalue weighted by atomic mass is 10.1. The molecule has 1 aromatic rings. The molecule has 19 heavy (non-hydrogen) atoms. The van der Waals surface area contributed by atoms with Crippen LogP contribution in [-0.4, -0.2) is 36.5 Å². The van der Waals surface area contributed by atoms with E-state index in [-0.39, 0.29) is 11.9 Å². The molecule has 4 heteroatoms. The maximum absolute atomic E-state index is 12.4. The number of carbonyl (C=O) groups is 1. The van der Waals surface area contributed by atoms with Crippen molar-refractivity contribution < 1.29 is 4.79 Å². The molecule has 3 nitrogen and oxygen atoms in total. The molecule has 0 saturated carbocycles. The van der Waals surface area contributed by atoms with E-state index in [1.807, 2.05) is 35.2 Å². The van der Waals surface area contributed by atoms with Crippen LogP contribution in [-0.2, 0) is 4.79 Å². The Morgan fingerprint density at radius 1 is 1.37 bits per heavy atom. The van der Waals surface area contributed by atoms with Crippen LogP contribution in [0, 0.1) is 5.92 Å². The molecule has 0 spiro atoms. The summed E-state index contributed by atoms with van der Waals surface area (Å²) < 4.78 is 0. The molecule has 0 aliphatic carbocycles. The summed E-state index contributed by atoms with van der Waals surface area (Å²) in [5, 5.41) is 3.26. The topological polar surface area (TPSA) is 32.3 Å². The van der Waals surface area contributed by atoms with Crippen LogP contribution < -0.4 is 10.2 Å². The van der Waals surface area contributed by atoms with Gasteiger partial charge >= 0.3 is 0 Å². The zero-order valence-corrected chi connectivity index (χ0v) is 12.5. The minimum absolute atomic E-state index is 0.195. The van der Waals surface area contributed by atoms with E-state index >= 15 is 0 Å². The van der Waals surface area contributed by atoms with Crippen molar-refractivity contribution in [1.82, 2.24) is 5.32 Å². The number of nitrogens with zero attached hydrogens (tertiary/aromatic N) is 1. The lowest BCUT2D eigenvalue weighted by Crippen LogP contribution is -2.43. The largest absolute Gasteiger partial charge is 0.316 e. The third-order valence-electron chi connectivity index (χ3n) is 3.26. The van der Waals surface area contributed by atoms with Crippen molar-refractivity contribution in [2.75, 3.05) is 29.5 Å². The van der Waals surface area contributed by atoms with Crippen molar-refractivity contribution in [3.8, 4) is 0 Å². The standard InChI is InChI=1S/C15H22N2OS/c1-12(2)17(14-6-4-3-5-7-14)15(18)11-19-10-13-8-16-9-13/h3-7,12-13,16H,8-11H2,1-2H3. The van der Waals surface area contributed by atoms with Crippen LogP contribution in [0.15, 0.2) is 30.3 Å². The van der Waals surface area contributed by atoms with E-state index in [0.29, 0.717) is 5.75 Å². The van der Waals surface area contributed by atoms with Crippen molar-refractivity contribution in [3.63, 3.8) is 0 Å². The number of nitrogens with one attached hydrogen (secondary N) is 1. The molecule has 1 saturated heterocycles. The molecule has 1 heterocycles. The highest BCUT2D eigenvalue weighted by atomic mass is 32.2. The molecule has 0 radical (unpaired) electrons. The number of thioether (sulfide) groups is 1. The highest BCUT2D eigenvalue weighted by molar-refractivity contribution is 7.99. The van der Waals surface area contributed by atoms with Gasteiger partial charge in [-0.1, -0.05) is 18.2 Å². The predicted octanol–water partition coefficient (Wildman–Crippen LogP) is 2.38. The number of para-hydroxylation sites is 1. The minimum Gasteiger partial charge on any atom is -0.316 e. The number of rotatable bonds is 6. The summed E-state index contributed by atoms with van der Waals surface area (Å²) in [4.78, 5) is 14.3. The number of hydrogen-bond donors (Lipinski definition) is 1. The molecule has 2 rings (SSSR count). The average Bonchev–Trinajstić information content (AvgIpc) is 2.33. The lowest BCUT2D eigenvalue weighted by molar-refractivity contribution is -0.116. The van der Waals surface area contributed by atoms with Gasteiger partial charge in [-0.15, -0.1) is 0 Å². The zero-order chi connectivity index (χ0) is 13.7. The Morgan fingerprint density at radius 3 is 2.58 bits per heavy atom. The van der Waals surface area contributed by atoms with Gasteiger partial charge in [-0.3, -0.25) is 4.79 Å². The number of carbonyl (C=O) groups excluding carboxylic acids is 1. The Kier molecular flexibility index (Phi) is 5.28. The summed E-state index contributed by atoms with van der Waals surface area (Å²) in [5.74, 6) is 2.61. The van der Waals surface area contributed by atoms with Crippen LogP contribution in [0.5, 0.6) is 0 Å². The highest BCUT2D eigenvalue weighted by Crippen LogP contribution is 2.19. The van der Waals surface area contributed by atoms with E-state index in [2.05, 4.69) is 19.2 Å². The van der Waals surface area contributed by atoms with Crippen LogP contribution in [0.1, 0.15) is 13.8 Å². The van der Waals surface area contributed by atoms with E-state index in [4.69, 9.17) is 0 Å². The van der Waals surface area contributed by atoms with E-state index < -0.39 is 0 Å². The monoisotopic (exact) mass is 278 g/mol. The predicted molar refractivity (Wildman–Crippen MR) is 82.7 cm³/mol. The summed E-state index contributed by atoms with van der Waals surface area (Å²) in [6.07, 6.45) is 0. The number of amides is 1. The van der Waals surface area contributed by atoms with Crippen LogP contribution in [0.25, 0.3) is 0 Å². The van der Waals surface area contributed by atoms with Gasteiger partial charge in [-0.05, 0) is 50.7 Å². The molecule has 1 amide bonds. The van der Waals surface area contributed by atoms with Gasteiger partial charge in [0.25, 0.3) is 0 Å². The smallest absolute Gasteiger partial charge is 0.237 e. The fraction of sp³-hybridized carbons (Fsp3) is 0.533. The molecule has 1 aromatic carbocycles. The number of hydrogen-bond acceptors (Lipinski definition) is 3. The van der Waals surface area contributed by atoms with Crippen molar-refractivity contribution >= 4 is 23.4 Å². The minimum atomic E-state index is 0.195. The van der Waals surface area contributed by atoms with Crippen LogP contribution in [0.2, 0.25) is 0 Å². The van der Waals surface area contributed by atoms with Gasteiger partial charge in [0.15, 0.2) is 0 Å². The molecular weight excluding hydrogens is 256 g/mol. The maximum Gasteiger partial charge on any atom is 0.237 e. The molecule has 0 atom stereocenters. The van der Waals surface area contributed by atoms with Crippen molar-refractivity contribution in [1.29, 1.82) is 0 Å². The Morgan fingerprint density at radius 2 is 2.05 bits per heavy atom. The van der Waals surface area contributed by atoms with E-state index in [1.54, 1.807) is 11.8 Å². The maximum atomic E-state index is 12.4. The molecule has 1 N–H and O–H groups in total. The third kappa shape index (κ3) is 3.98. The first-order valence-electron chi connectivity index (χ1n) is 6.84. The molecule has 0 unspecified atom stereocenters. The molecule has 1 fully saturated rings. The van der Waals surface area contributed by atoms with Crippen molar-refractivity contribution in [3.05, 3.63) is 30.3 Å². The van der Waals surface area contributed by atoms with Crippen LogP contribution in [0.3, 0.4) is 0 Å². The second-order valence-electron chi connectivity index (χ2n) is 5.23. The Balaban J connectivity index is 1.89. The first kappa shape index (κ1) is 14.4. The van der Waals surface area contributed by atoms with Gasteiger partial charge in [-0.2, -0.15) is 11.8 Å². The first-order valence-corrected chi connectivity index (χ1v) is 7.99. The van der Waals surface area contributed by atoms with Gasteiger partial charge < -0.3 is 10.2 Å². The fourth-order valence-electron chi connectivity index (χ4n) is 2.17. The van der Waals surface area contributed by atoms with Gasteiger partial charge in [0, 0.05) is 11.7 Å². The van der Waals surface area contributed by atoms with Gasteiger partial charge in [0.1, 0.15) is 0 Å². The summed E-state index contributed by atoms with van der Waals surface area (Å²) in [7, 11) is 0. The summed E-state index contributed by atoms with van der Waals surface area (Å²) in [5.41, 5.74) is 0.994. The van der Waals surface area contributed by atoms with Crippen LogP contribution in [0.4, 0.5) is 5.69 Å².